The van der Waals surface area contributed by atoms with Gasteiger partial charge in [-0.3, -0.25) is 19.2 Å². The number of carboxylic acid groups (broad SMARTS) is 4. The van der Waals surface area contributed by atoms with Gasteiger partial charge in [0.2, 0.25) is 0 Å². The molecule has 4 aromatic rings. The lowest BCUT2D eigenvalue weighted by Crippen LogP contribution is -2.31. The van der Waals surface area contributed by atoms with Crippen LogP contribution in [0.1, 0.15) is 54.4 Å². The molecule has 0 aliphatic heterocycles. The Morgan fingerprint density at radius 1 is 0.368 bits per heavy atom. The molecule has 0 bridgehead atoms. The molecule has 0 heterocycles. The standard InChI is InChI=1S/C12H10S3.2C8H10S2.C6H10O4S2.C5H12S2.C4H6O4S2.3C4H10O2S2.C4H10OS2/c13-9-1-5-11(6-2-9)15-12-7-3-10(14)4-8-12;9-5-7-2-1-3-8(4-7)6-10;9-5-7-3-1-2-4-8(7)6-10;7-5(8)3(11)1-2-4(12)6(9)10;6-4-2-1-3-5-7;5-3(6)1(9)2(10)4(7)8;3*5-3(1-7)4(6)2-8;6-3-1-5-2-4-7/h1-8,13-14H;2*1-4,9-10H,5-6H2;3-4,11-12H,1-2H2,(H,7,8)(H,9,10);6-7H,1-5H2;1-2,9-10H,(H,5,6)(H,7,8);3*3-8H,1-2H2;6-7H,1-4H2/t;;;3-,4+;;;3-,4+;3-,4-;;/m.......1../s1. The molecule has 0 fully saturated rings. The van der Waals surface area contributed by atoms with Gasteiger partial charge in [-0.25, -0.2) is 0 Å². The van der Waals surface area contributed by atoms with Gasteiger partial charge >= 0.3 is 23.9 Å². The number of ether oxygens (including phenoxy) is 1. The molecule has 4 rings (SSSR count). The number of aliphatic hydroxyl groups excluding tert-OH is 6. The molecule has 0 amide bonds. The molecule has 10 atom stereocenters. The van der Waals surface area contributed by atoms with E-state index in [9.17, 15) is 19.2 Å². The van der Waals surface area contributed by atoms with E-state index in [4.69, 9.17) is 55.8 Å². The molecule has 0 aliphatic rings. The van der Waals surface area contributed by atoms with Gasteiger partial charge in [0.25, 0.3) is 0 Å². The molecule has 15 nitrogen and oxygen atoms in total. The van der Waals surface area contributed by atoms with Crippen LogP contribution in [-0.2, 0) is 46.9 Å². The number of hydrogen-bond acceptors (Lipinski definition) is 32. The first kappa shape index (κ1) is 108. The average molecular weight is 1720 g/mol. The van der Waals surface area contributed by atoms with Gasteiger partial charge in [-0.2, -0.15) is 227 Å². The molecule has 4 unspecified atom stereocenters. The quantitative estimate of drug-likeness (QED) is 0.0165. The van der Waals surface area contributed by atoms with Crippen molar-refractivity contribution in [2.24, 2.45) is 0 Å². The second-order valence-electron chi connectivity index (χ2n) is 18.2. The van der Waals surface area contributed by atoms with Gasteiger partial charge < -0.3 is 55.8 Å². The Labute approximate surface area is 677 Å². The van der Waals surface area contributed by atoms with Crippen molar-refractivity contribution in [1.82, 2.24) is 0 Å². The van der Waals surface area contributed by atoms with Gasteiger partial charge in [-0.05, 0) is 108 Å². The van der Waals surface area contributed by atoms with E-state index in [0.29, 0.717) is 0 Å². The Balaban J connectivity index is -0.000000234. The third-order valence-electron chi connectivity index (χ3n) is 10.6. The predicted octanol–water partition coefficient (Wildman–Crippen LogP) is 11.4. The number of hydrogen-bond donors (Lipinski definition) is 30. The normalized spacial score (nSPS) is 13.2. The molecule has 4 aromatic carbocycles. The summed E-state index contributed by atoms with van der Waals surface area (Å²) in [5.74, 6) is 3.89. The minimum atomic E-state index is -1.29. The number of carboxylic acids is 4. The maximum atomic E-state index is 10.2. The van der Waals surface area contributed by atoms with Crippen molar-refractivity contribution in [3.63, 3.8) is 0 Å². The van der Waals surface area contributed by atoms with Crippen molar-refractivity contribution in [3.8, 4) is 0 Å². The highest BCUT2D eigenvalue weighted by atomic mass is 32.2. The molecule has 10 N–H and O–H groups in total. The molecule has 0 spiro atoms. The summed E-state index contributed by atoms with van der Waals surface area (Å²) in [5.41, 5.74) is 5.08. The highest BCUT2D eigenvalue weighted by Crippen LogP contribution is 2.29. The van der Waals surface area contributed by atoms with Crippen molar-refractivity contribution in [1.29, 1.82) is 0 Å². The number of carbonyl (C=O) groups is 4. The Hall–Kier alpha value is 1.83. The van der Waals surface area contributed by atoms with Crippen LogP contribution in [-0.4, -0.2) is 203 Å². The Kier molecular flexibility index (Phi) is 85.7. The van der Waals surface area contributed by atoms with E-state index in [2.05, 4.69) is 307 Å². The van der Waals surface area contributed by atoms with Crippen LogP contribution in [0.15, 0.2) is 117 Å². The minimum absolute atomic E-state index is 0.207. The van der Waals surface area contributed by atoms with Crippen molar-refractivity contribution < 1.29 is 75.0 Å². The van der Waals surface area contributed by atoms with Crippen LogP contribution in [0.3, 0.4) is 0 Å². The van der Waals surface area contributed by atoms with Crippen LogP contribution < -0.4 is 0 Å². The van der Waals surface area contributed by atoms with Crippen LogP contribution in [0.4, 0.5) is 0 Å². The zero-order chi connectivity index (χ0) is 74.3. The first-order valence-corrected chi connectivity index (χ1v) is 40.7. The zero-order valence-corrected chi connectivity index (χ0v) is 70.4. The molecular weight excluding hydrogens is 1620 g/mol. The van der Waals surface area contributed by atoms with E-state index in [1.807, 2.05) is 42.5 Å². The summed E-state index contributed by atoms with van der Waals surface area (Å²) in [4.78, 5) is 45.0. The van der Waals surface area contributed by atoms with Gasteiger partial charge in [-0.1, -0.05) is 66.7 Å². The van der Waals surface area contributed by atoms with E-state index in [0.717, 1.165) is 69.0 Å². The molecule has 36 heteroatoms. The smallest absolute Gasteiger partial charge is 0.318 e. The molecule has 550 valence electrons. The van der Waals surface area contributed by atoms with Gasteiger partial charge in [-0.15, -0.1) is 25.3 Å². The van der Waals surface area contributed by atoms with Crippen molar-refractivity contribution in [2.75, 3.05) is 70.7 Å². The molecule has 0 radical (unpaired) electrons. The lowest BCUT2D eigenvalue weighted by Gasteiger charge is -2.11. The maximum Gasteiger partial charge on any atom is 0.318 e. The Morgan fingerprint density at radius 3 is 0.863 bits per heavy atom. The third kappa shape index (κ3) is 67.5. The number of aliphatic carboxylic acids is 4. The Bertz CT molecular complexity index is 2220. The van der Waals surface area contributed by atoms with Crippen molar-refractivity contribution in [3.05, 3.63) is 119 Å². The lowest BCUT2D eigenvalue weighted by atomic mass is 10.1. The van der Waals surface area contributed by atoms with Gasteiger partial charge in [0.15, 0.2) is 0 Å². The predicted molar refractivity (Wildman–Crippen MR) is 465 cm³/mol. The number of benzene rings is 4. The monoisotopic (exact) mass is 1720 g/mol. The summed E-state index contributed by atoms with van der Waals surface area (Å²) in [6, 6.07) is 32.8. The molecule has 0 aliphatic carbocycles. The average Bonchev–Trinajstić information content (AvgIpc) is 1.35. The van der Waals surface area contributed by atoms with E-state index in [-0.39, 0.29) is 47.4 Å². The van der Waals surface area contributed by atoms with Crippen LogP contribution in [0.25, 0.3) is 0 Å². The van der Waals surface area contributed by atoms with Gasteiger partial charge in [0.1, 0.15) is 10.5 Å². The number of unbranched alkanes of at least 4 members (excludes halogenated alkanes) is 2. The first-order chi connectivity index (χ1) is 44.9. The van der Waals surface area contributed by atoms with E-state index in [1.54, 1.807) is 11.8 Å². The van der Waals surface area contributed by atoms with E-state index < -0.39 is 81.5 Å². The van der Waals surface area contributed by atoms with Crippen LogP contribution in [0.5, 0.6) is 0 Å². The summed E-state index contributed by atoms with van der Waals surface area (Å²) in [5, 5.41) is 81.6. The second-order valence-corrected chi connectivity index (χ2v) is 28.0. The first-order valence-electron chi connectivity index (χ1n) is 28.1. The largest absolute Gasteiger partial charge is 0.480 e. The number of aliphatic hydroxyl groups is 6. The highest BCUT2D eigenvalue weighted by molar-refractivity contribution is 7.99. The third-order valence-corrected chi connectivity index (χ3v) is 19.1. The molecule has 0 saturated heterocycles. The molecule has 0 saturated carbocycles. The summed E-state index contributed by atoms with van der Waals surface area (Å²) in [7, 11) is 0. The van der Waals surface area contributed by atoms with Crippen LogP contribution in [0, 0.1) is 0 Å². The number of thiol groups is 20. The summed E-state index contributed by atoms with van der Waals surface area (Å²) < 4.78 is 4.98. The van der Waals surface area contributed by atoms with E-state index >= 15 is 0 Å². The fraction of sp³-hybridized carbons (Fsp3) is 0.525. The highest BCUT2D eigenvalue weighted by Gasteiger charge is 2.27. The van der Waals surface area contributed by atoms with Gasteiger partial charge in [0, 0.05) is 88.6 Å². The number of rotatable bonds is 31. The summed E-state index contributed by atoms with van der Waals surface area (Å²) >= 11 is 80.1. The fourth-order valence-corrected chi connectivity index (χ4v) is 9.89. The molecular formula is C59H98O15S21. The van der Waals surface area contributed by atoms with E-state index in [1.165, 1.54) is 51.3 Å². The van der Waals surface area contributed by atoms with Gasteiger partial charge in [0.05, 0.1) is 60.3 Å². The van der Waals surface area contributed by atoms with Crippen molar-refractivity contribution >= 4 is 288 Å². The zero-order valence-electron chi connectivity index (χ0n) is 51.7. The van der Waals surface area contributed by atoms with Crippen LogP contribution >= 0.6 is 264 Å². The minimum Gasteiger partial charge on any atom is -0.480 e. The second kappa shape index (κ2) is 75.5. The summed E-state index contributed by atoms with van der Waals surface area (Å²) in [6.45, 7) is 1.48. The van der Waals surface area contributed by atoms with Crippen molar-refractivity contribution in [2.45, 2.75) is 132 Å². The fourth-order valence-electron chi connectivity index (χ4n) is 5.05. The Morgan fingerprint density at radius 2 is 0.653 bits per heavy atom. The SMILES string of the molecule is O=C(O)C(S)C(S)C(=O)O.O=C(O)[C@H](S)CC[C@H](S)C(=O)O.OC(CS)C(O)CS.O[C@H](CS)[C@@H](O)CS.O[C@H](CS)[C@H](O)CS.SCCCCCS.SCCOCCS.SCc1cccc(CS)c1.SCc1ccccc1CS.Sc1ccc(Sc2ccc(S)cc2)cc1. The summed E-state index contributed by atoms with van der Waals surface area (Å²) in [6.07, 6.45) is -0.261. The lowest BCUT2D eigenvalue weighted by molar-refractivity contribution is -0.142. The maximum absolute atomic E-state index is 10.2. The topological polar surface area (TPSA) is 280 Å². The molecule has 95 heavy (non-hydrogen) atoms. The van der Waals surface area contributed by atoms with Crippen LogP contribution in [0.2, 0.25) is 0 Å². The molecule has 0 aromatic heterocycles.